The third-order valence-electron chi connectivity index (χ3n) is 6.91. The molecule has 2 aliphatic rings. The molecule has 23 nitrogen and oxygen atoms in total. The number of guanidine groups is 1. The number of urea groups is 1. The summed E-state index contributed by atoms with van der Waals surface area (Å²) in [7, 11) is 0. The average molecular weight is 686 g/mol. The van der Waals surface area contributed by atoms with Crippen LogP contribution in [0.2, 0.25) is 0 Å². The van der Waals surface area contributed by atoms with Crippen molar-refractivity contribution in [1.82, 2.24) is 42.5 Å². The minimum Gasteiger partial charge on any atom is -0.394 e. The van der Waals surface area contributed by atoms with Crippen LogP contribution in [0.25, 0.3) is 0 Å². The number of nitrogens with one attached hydrogen (secondary N) is 8. The van der Waals surface area contributed by atoms with Crippen LogP contribution in [-0.4, -0.2) is 132 Å². The van der Waals surface area contributed by atoms with Gasteiger partial charge in [0.25, 0.3) is 5.91 Å². The fraction of sp³-hybridized carbons (Fsp3) is 0.600. The first kappa shape index (κ1) is 39.1. The number of rotatable bonds is 10. The first-order valence-corrected chi connectivity index (χ1v) is 14.7. The van der Waals surface area contributed by atoms with Crippen LogP contribution in [0, 0.1) is 0 Å². The number of primary amides is 1. The monoisotopic (exact) mass is 685 g/mol. The van der Waals surface area contributed by atoms with E-state index >= 15 is 0 Å². The van der Waals surface area contributed by atoms with Gasteiger partial charge in [-0.1, -0.05) is 0 Å². The molecule has 2 rings (SSSR count). The predicted octanol–water partition coefficient (Wildman–Crippen LogP) is -8.88. The largest absolute Gasteiger partial charge is 0.394 e. The number of nitrogens with zero attached hydrogens (tertiary/aromatic N) is 1. The Labute approximate surface area is 273 Å². The van der Waals surface area contributed by atoms with E-state index in [1.165, 1.54) is 0 Å². The van der Waals surface area contributed by atoms with E-state index in [4.69, 9.17) is 22.9 Å². The number of aliphatic hydroxyl groups is 3. The van der Waals surface area contributed by atoms with Gasteiger partial charge in [-0.2, -0.15) is 0 Å². The van der Waals surface area contributed by atoms with E-state index in [-0.39, 0.29) is 18.8 Å². The van der Waals surface area contributed by atoms with Crippen LogP contribution in [0.5, 0.6) is 0 Å². The molecule has 2 heterocycles. The summed E-state index contributed by atoms with van der Waals surface area (Å²) in [6.07, 6.45) is -0.339. The first-order valence-electron chi connectivity index (χ1n) is 14.7. The number of carbonyl (C=O) groups is 7. The molecular formula is C25H43N13O10. The van der Waals surface area contributed by atoms with E-state index in [0.29, 0.717) is 25.6 Å². The summed E-state index contributed by atoms with van der Waals surface area (Å²) in [5.41, 5.74) is 21.5. The highest BCUT2D eigenvalue weighted by atomic mass is 16.3. The molecule has 0 aromatic carbocycles. The Morgan fingerprint density at radius 1 is 0.979 bits per heavy atom. The summed E-state index contributed by atoms with van der Waals surface area (Å²) in [5, 5.41) is 47.9. The SMILES string of the molecule is NCCC[C@H](N)CC(=O)NC1CNC(=O)[C@@H](C2CC(O)N=C(N)N2)NC(=O)/C(=C/NC(N)=O)NC(=O)[C@@H](CO)NC(=O)[C@@H](CO)NC1=O. The van der Waals surface area contributed by atoms with Crippen molar-refractivity contribution in [2.45, 2.75) is 68.2 Å². The second-order valence-corrected chi connectivity index (χ2v) is 10.7. The van der Waals surface area contributed by atoms with E-state index < -0.39 is 109 Å². The van der Waals surface area contributed by atoms with Crippen molar-refractivity contribution in [1.29, 1.82) is 0 Å². The Morgan fingerprint density at radius 2 is 1.62 bits per heavy atom. The molecule has 7 atom stereocenters. The lowest BCUT2D eigenvalue weighted by Crippen LogP contribution is -2.64. The van der Waals surface area contributed by atoms with Gasteiger partial charge in [0, 0.05) is 31.6 Å². The molecule has 1 fully saturated rings. The van der Waals surface area contributed by atoms with Crippen LogP contribution in [0.15, 0.2) is 16.9 Å². The van der Waals surface area contributed by atoms with Crippen molar-refractivity contribution in [3.05, 3.63) is 11.9 Å². The molecule has 2 aliphatic heterocycles. The van der Waals surface area contributed by atoms with Crippen LogP contribution < -0.4 is 65.5 Å². The van der Waals surface area contributed by atoms with Crippen molar-refractivity contribution < 1.29 is 48.9 Å². The van der Waals surface area contributed by atoms with E-state index in [1.54, 1.807) is 0 Å². The van der Waals surface area contributed by atoms with Gasteiger partial charge in [-0.05, 0) is 19.4 Å². The minimum atomic E-state index is -1.78. The highest BCUT2D eigenvalue weighted by Gasteiger charge is 2.37. The number of nitrogens with two attached hydrogens (primary N) is 4. The van der Waals surface area contributed by atoms with Crippen LogP contribution in [0.1, 0.15) is 25.7 Å². The lowest BCUT2D eigenvalue weighted by atomic mass is 10.0. The highest BCUT2D eigenvalue weighted by molar-refractivity contribution is 6.02. The van der Waals surface area contributed by atoms with Gasteiger partial charge in [-0.15, -0.1) is 0 Å². The topological polar surface area (TPSA) is 393 Å². The zero-order valence-electron chi connectivity index (χ0n) is 25.7. The van der Waals surface area contributed by atoms with E-state index in [2.05, 4.69) is 42.2 Å². The van der Waals surface area contributed by atoms with E-state index in [1.807, 2.05) is 5.32 Å². The molecule has 19 N–H and O–H groups in total. The third kappa shape index (κ3) is 12.3. The Morgan fingerprint density at radius 3 is 2.23 bits per heavy atom. The van der Waals surface area contributed by atoms with Gasteiger partial charge in [-0.25, -0.2) is 9.79 Å². The summed E-state index contributed by atoms with van der Waals surface area (Å²) < 4.78 is 0. The van der Waals surface area contributed by atoms with Gasteiger partial charge < -0.3 is 80.8 Å². The predicted molar refractivity (Wildman–Crippen MR) is 164 cm³/mol. The third-order valence-corrected chi connectivity index (χ3v) is 6.91. The molecule has 3 unspecified atom stereocenters. The van der Waals surface area contributed by atoms with E-state index in [0.717, 1.165) is 0 Å². The fourth-order valence-corrected chi connectivity index (χ4v) is 4.46. The lowest BCUT2D eigenvalue weighted by molar-refractivity contribution is -0.135. The quantitative estimate of drug-likeness (QED) is 0.0950. The Balaban J connectivity index is 2.54. The number of carbonyl (C=O) groups excluding carboxylic acids is 7. The van der Waals surface area contributed by atoms with Gasteiger partial charge >= 0.3 is 6.03 Å². The average Bonchev–Trinajstić information content (AvgIpc) is 3.02. The molecule has 0 aromatic rings. The van der Waals surface area contributed by atoms with Crippen molar-refractivity contribution in [2.24, 2.45) is 27.9 Å². The summed E-state index contributed by atoms with van der Waals surface area (Å²) >= 11 is 0. The highest BCUT2D eigenvalue weighted by Crippen LogP contribution is 2.11. The second kappa shape index (κ2) is 18.9. The molecule has 48 heavy (non-hydrogen) atoms. The summed E-state index contributed by atoms with van der Waals surface area (Å²) in [6, 6.07) is -9.66. The van der Waals surface area contributed by atoms with Gasteiger partial charge in [0.15, 0.2) is 12.2 Å². The molecule has 268 valence electrons. The molecule has 0 radical (unpaired) electrons. The normalized spacial score (nSPS) is 27.6. The summed E-state index contributed by atoms with van der Waals surface area (Å²) in [4.78, 5) is 94.0. The molecule has 0 spiro atoms. The second-order valence-electron chi connectivity index (χ2n) is 10.7. The van der Waals surface area contributed by atoms with Crippen molar-refractivity contribution in [3.8, 4) is 0 Å². The summed E-state index contributed by atoms with van der Waals surface area (Å²) in [6.45, 7) is -2.36. The number of aliphatic imine (C=N–C) groups is 1. The van der Waals surface area contributed by atoms with Gasteiger partial charge in [0.1, 0.15) is 29.9 Å². The fourth-order valence-electron chi connectivity index (χ4n) is 4.46. The first-order chi connectivity index (χ1) is 22.7. The van der Waals surface area contributed by atoms with Gasteiger partial charge in [-0.3, -0.25) is 28.8 Å². The Bertz CT molecular complexity index is 1280. The van der Waals surface area contributed by atoms with Crippen LogP contribution >= 0.6 is 0 Å². The van der Waals surface area contributed by atoms with Crippen molar-refractivity contribution in [2.75, 3.05) is 26.3 Å². The summed E-state index contributed by atoms with van der Waals surface area (Å²) in [5.74, 6) is -6.65. The number of hydrogen-bond acceptors (Lipinski definition) is 15. The number of amides is 8. The molecule has 8 amide bonds. The molecular weight excluding hydrogens is 642 g/mol. The molecule has 0 aromatic heterocycles. The smallest absolute Gasteiger partial charge is 0.316 e. The molecule has 23 heteroatoms. The maximum absolute atomic E-state index is 13.6. The molecule has 1 saturated heterocycles. The number of aliphatic hydroxyl groups excluding tert-OH is 3. The standard InChI is InChI=1S/C25H43N13O10/c26-3-1-2-10(27)4-16(41)32-12-6-30-23(47)18(11-5-17(42)37-24(28)36-11)38-20(44)13(7-31-25(29)48)33-21(45)14(8-39)35-22(46)15(9-40)34-19(12)43/h7,10-12,14-15,17-18,39-40,42H,1-6,8-9,26-27H2,(H,30,47)(H,32,41)(H,33,45)(H,34,43)(H,35,46)(H,38,44)(H3,28,36,37)(H3,29,31,48)/b13-7-/t10-,11?,12?,14+,15+,17?,18+/m0/s1. The number of hydrogen-bond donors (Lipinski definition) is 15. The van der Waals surface area contributed by atoms with Gasteiger partial charge in [0.2, 0.25) is 29.5 Å². The van der Waals surface area contributed by atoms with Gasteiger partial charge in [0.05, 0.1) is 19.3 Å². The Kier molecular flexibility index (Phi) is 15.4. The van der Waals surface area contributed by atoms with Crippen LogP contribution in [0.3, 0.4) is 0 Å². The maximum Gasteiger partial charge on any atom is 0.316 e. The Hall–Kier alpha value is -5.10. The van der Waals surface area contributed by atoms with Crippen molar-refractivity contribution >= 4 is 47.4 Å². The van der Waals surface area contributed by atoms with Crippen LogP contribution in [-0.2, 0) is 28.8 Å². The van der Waals surface area contributed by atoms with E-state index in [9.17, 15) is 48.9 Å². The molecule has 0 saturated carbocycles. The van der Waals surface area contributed by atoms with Crippen LogP contribution in [0.4, 0.5) is 4.79 Å². The molecule has 0 aliphatic carbocycles. The zero-order chi connectivity index (χ0) is 36.0. The molecule has 0 bridgehead atoms. The van der Waals surface area contributed by atoms with Crippen molar-refractivity contribution in [3.63, 3.8) is 0 Å². The minimum absolute atomic E-state index is 0.245. The maximum atomic E-state index is 13.6. The lowest BCUT2D eigenvalue weighted by Gasteiger charge is -2.33. The zero-order valence-corrected chi connectivity index (χ0v) is 25.7.